The lowest BCUT2D eigenvalue weighted by Crippen LogP contribution is -2.09. The van der Waals surface area contributed by atoms with Crippen LogP contribution in [0.15, 0.2) is 54.6 Å². The minimum atomic E-state index is 0.680. The van der Waals surface area contributed by atoms with Crippen LogP contribution in [0, 0.1) is 18.3 Å². The largest absolute Gasteiger partial charge is 0.233 e. The van der Waals surface area contributed by atoms with E-state index in [0.29, 0.717) is 5.56 Å². The smallest absolute Gasteiger partial charge is 0.164 e. The number of aryl methyl sites for hydroxylation is 2. The molecule has 1 aliphatic rings. The first-order chi connectivity index (χ1) is 13.8. The van der Waals surface area contributed by atoms with Crippen LogP contribution >= 0.6 is 0 Å². The monoisotopic (exact) mass is 364 g/mol. The maximum atomic E-state index is 9.16. The van der Waals surface area contributed by atoms with Gasteiger partial charge in [0.25, 0.3) is 0 Å². The van der Waals surface area contributed by atoms with Crippen molar-refractivity contribution in [3.63, 3.8) is 0 Å². The molecule has 2 heterocycles. The van der Waals surface area contributed by atoms with Crippen LogP contribution < -0.4 is 0 Å². The zero-order chi connectivity index (χ0) is 19.1. The Kier molecular flexibility index (Phi) is 3.95. The third kappa shape index (κ3) is 2.59. The first-order valence-electron chi connectivity index (χ1n) is 9.73. The number of fused-ring (bicyclic) bond motifs is 2. The number of nitriles is 1. The van der Waals surface area contributed by atoms with Gasteiger partial charge in [0, 0.05) is 5.69 Å². The minimum absolute atomic E-state index is 0.680. The lowest BCUT2D eigenvalue weighted by molar-refractivity contribution is 0.671. The van der Waals surface area contributed by atoms with E-state index in [9.17, 15) is 0 Å². The number of rotatable bonds is 2. The molecule has 136 valence electrons. The molecule has 2 aromatic carbocycles. The van der Waals surface area contributed by atoms with Crippen LogP contribution in [0.1, 0.15) is 35.4 Å². The molecule has 1 aliphatic carbocycles. The molecular weight excluding hydrogens is 344 g/mol. The zero-order valence-electron chi connectivity index (χ0n) is 15.8. The molecule has 0 saturated carbocycles. The third-order valence-electron chi connectivity index (χ3n) is 5.57. The SMILES string of the molecule is Cc1nn(-c2ccccc2)c2nc3c(c(-c4ccc(C#N)cc4)c12)CCCC3. The third-order valence-corrected chi connectivity index (χ3v) is 5.57. The number of hydrogen-bond acceptors (Lipinski definition) is 3. The van der Waals surface area contributed by atoms with Crippen LogP contribution in [0.2, 0.25) is 0 Å². The van der Waals surface area contributed by atoms with Crippen molar-refractivity contribution >= 4 is 11.0 Å². The van der Waals surface area contributed by atoms with Crippen LogP contribution in [0.25, 0.3) is 27.8 Å². The van der Waals surface area contributed by atoms with Gasteiger partial charge in [0.2, 0.25) is 0 Å². The van der Waals surface area contributed by atoms with Crippen LogP contribution in [0.3, 0.4) is 0 Å². The summed E-state index contributed by atoms with van der Waals surface area (Å²) in [6, 6.07) is 20.3. The predicted octanol–water partition coefficient (Wildman–Crippen LogP) is 5.15. The van der Waals surface area contributed by atoms with Gasteiger partial charge in [0.05, 0.1) is 28.4 Å². The Morgan fingerprint density at radius 2 is 1.71 bits per heavy atom. The van der Waals surface area contributed by atoms with Gasteiger partial charge in [-0.25, -0.2) is 9.67 Å². The highest BCUT2D eigenvalue weighted by Crippen LogP contribution is 2.38. The fourth-order valence-corrected chi connectivity index (χ4v) is 4.25. The van der Waals surface area contributed by atoms with Crippen molar-refractivity contribution in [2.75, 3.05) is 0 Å². The van der Waals surface area contributed by atoms with Crippen LogP contribution in [0.5, 0.6) is 0 Å². The lowest BCUT2D eigenvalue weighted by Gasteiger charge is -2.20. The van der Waals surface area contributed by atoms with E-state index in [1.807, 2.05) is 35.0 Å². The van der Waals surface area contributed by atoms with E-state index < -0.39 is 0 Å². The first kappa shape index (κ1) is 16.7. The van der Waals surface area contributed by atoms with E-state index in [4.69, 9.17) is 15.3 Å². The summed E-state index contributed by atoms with van der Waals surface area (Å²) >= 11 is 0. The Morgan fingerprint density at radius 3 is 2.46 bits per heavy atom. The van der Waals surface area contributed by atoms with Crippen LogP contribution in [-0.4, -0.2) is 14.8 Å². The molecule has 4 heteroatoms. The molecule has 4 nitrogen and oxygen atoms in total. The summed E-state index contributed by atoms with van der Waals surface area (Å²) < 4.78 is 1.96. The van der Waals surface area contributed by atoms with Crippen molar-refractivity contribution in [2.24, 2.45) is 0 Å². The average Bonchev–Trinajstić information content (AvgIpc) is 3.09. The Labute approximate surface area is 164 Å². The molecule has 0 amide bonds. The average molecular weight is 364 g/mol. The summed E-state index contributed by atoms with van der Waals surface area (Å²) in [7, 11) is 0. The Bertz CT molecular complexity index is 1210. The van der Waals surface area contributed by atoms with Gasteiger partial charge in [-0.2, -0.15) is 10.4 Å². The number of para-hydroxylation sites is 1. The van der Waals surface area contributed by atoms with Crippen molar-refractivity contribution < 1.29 is 0 Å². The van der Waals surface area contributed by atoms with E-state index in [-0.39, 0.29) is 0 Å². The Hall–Kier alpha value is -3.45. The summed E-state index contributed by atoms with van der Waals surface area (Å²) in [5, 5.41) is 15.1. The van der Waals surface area contributed by atoms with Crippen molar-refractivity contribution in [3.8, 4) is 22.9 Å². The Morgan fingerprint density at radius 1 is 0.964 bits per heavy atom. The summed E-state index contributed by atoms with van der Waals surface area (Å²) in [6.07, 6.45) is 4.42. The molecule has 0 atom stereocenters. The fraction of sp³-hybridized carbons (Fsp3) is 0.208. The number of benzene rings is 2. The molecule has 0 radical (unpaired) electrons. The van der Waals surface area contributed by atoms with Gasteiger partial charge in [-0.3, -0.25) is 0 Å². The molecule has 0 spiro atoms. The Balaban J connectivity index is 1.85. The summed E-state index contributed by atoms with van der Waals surface area (Å²) in [5.74, 6) is 0. The lowest BCUT2D eigenvalue weighted by atomic mass is 9.87. The molecule has 2 aromatic heterocycles. The first-order valence-corrected chi connectivity index (χ1v) is 9.73. The normalized spacial score (nSPS) is 13.3. The van der Waals surface area contributed by atoms with Gasteiger partial charge in [0.1, 0.15) is 0 Å². The molecule has 0 aliphatic heterocycles. The molecule has 0 unspecified atom stereocenters. The van der Waals surface area contributed by atoms with Crippen molar-refractivity contribution in [2.45, 2.75) is 32.6 Å². The molecule has 28 heavy (non-hydrogen) atoms. The highest BCUT2D eigenvalue weighted by Gasteiger charge is 2.23. The zero-order valence-corrected chi connectivity index (χ0v) is 15.8. The minimum Gasteiger partial charge on any atom is -0.233 e. The molecule has 0 fully saturated rings. The van der Waals surface area contributed by atoms with Gasteiger partial charge < -0.3 is 0 Å². The van der Waals surface area contributed by atoms with Gasteiger partial charge in [-0.1, -0.05) is 30.3 Å². The van der Waals surface area contributed by atoms with Crippen molar-refractivity contribution in [1.82, 2.24) is 14.8 Å². The topological polar surface area (TPSA) is 54.5 Å². The van der Waals surface area contributed by atoms with Crippen molar-refractivity contribution in [3.05, 3.63) is 77.1 Å². The number of aromatic nitrogens is 3. The highest BCUT2D eigenvalue weighted by molar-refractivity contribution is 5.98. The van der Waals surface area contributed by atoms with E-state index >= 15 is 0 Å². The van der Waals surface area contributed by atoms with Gasteiger partial charge in [0.15, 0.2) is 5.65 Å². The molecule has 5 rings (SSSR count). The van der Waals surface area contributed by atoms with Crippen LogP contribution in [-0.2, 0) is 12.8 Å². The van der Waals surface area contributed by atoms with Crippen LogP contribution in [0.4, 0.5) is 0 Å². The maximum absolute atomic E-state index is 9.16. The molecule has 4 aromatic rings. The standard InChI is InChI=1S/C24H20N4/c1-16-22-23(18-13-11-17(15-25)12-14-18)20-9-5-6-10-21(20)26-24(22)28(27-16)19-7-3-2-4-8-19/h2-4,7-8,11-14H,5-6,9-10H2,1H3. The number of pyridine rings is 1. The van der Waals surface area contributed by atoms with Crippen molar-refractivity contribution in [1.29, 1.82) is 5.26 Å². The molecular formula is C24H20N4. The summed E-state index contributed by atoms with van der Waals surface area (Å²) in [4.78, 5) is 5.08. The number of nitrogens with zero attached hydrogens (tertiary/aromatic N) is 4. The van der Waals surface area contributed by atoms with E-state index in [2.05, 4.69) is 37.3 Å². The van der Waals surface area contributed by atoms with E-state index in [0.717, 1.165) is 40.8 Å². The van der Waals surface area contributed by atoms with Gasteiger partial charge in [-0.05, 0) is 73.6 Å². The molecule has 0 N–H and O–H groups in total. The quantitative estimate of drug-likeness (QED) is 0.494. The second-order valence-corrected chi connectivity index (χ2v) is 7.34. The number of hydrogen-bond donors (Lipinski definition) is 0. The summed E-state index contributed by atoms with van der Waals surface area (Å²) in [5.41, 5.74) is 8.52. The molecule has 0 saturated heterocycles. The fourth-order valence-electron chi connectivity index (χ4n) is 4.25. The maximum Gasteiger partial charge on any atom is 0.164 e. The van der Waals surface area contributed by atoms with E-state index in [1.165, 1.54) is 29.7 Å². The second-order valence-electron chi connectivity index (χ2n) is 7.34. The van der Waals surface area contributed by atoms with E-state index in [1.54, 1.807) is 0 Å². The second kappa shape index (κ2) is 6.61. The highest BCUT2D eigenvalue weighted by atomic mass is 15.3. The van der Waals surface area contributed by atoms with Gasteiger partial charge in [-0.15, -0.1) is 0 Å². The van der Waals surface area contributed by atoms with Gasteiger partial charge >= 0.3 is 0 Å². The predicted molar refractivity (Wildman–Crippen MR) is 110 cm³/mol. The summed E-state index contributed by atoms with van der Waals surface area (Å²) in [6.45, 7) is 2.06. The molecule has 0 bridgehead atoms.